The first kappa shape index (κ1) is 16.7. The molecule has 0 spiro atoms. The Balaban J connectivity index is 4.12. The molecule has 0 fully saturated rings. The number of hydrogen-bond donors (Lipinski definition) is 1. The Bertz CT molecular complexity index is 208. The molecule has 1 nitrogen and oxygen atoms in total. The highest BCUT2D eigenvalue weighted by Gasteiger charge is 2.23. The van der Waals surface area contributed by atoms with Crippen molar-refractivity contribution in [3.05, 3.63) is 12.7 Å². The van der Waals surface area contributed by atoms with Crippen LogP contribution in [0.5, 0.6) is 0 Å². The van der Waals surface area contributed by atoms with E-state index in [1.807, 2.05) is 0 Å². The molecule has 0 aliphatic heterocycles. The van der Waals surface area contributed by atoms with Crippen LogP contribution in [0.1, 0.15) is 54.4 Å². The molecule has 17 heavy (non-hydrogen) atoms. The largest absolute Gasteiger partial charge is 0.316 e. The molecule has 0 aromatic heterocycles. The summed E-state index contributed by atoms with van der Waals surface area (Å²) in [6.07, 6.45) is 4.69. The van der Waals surface area contributed by atoms with Gasteiger partial charge in [0.1, 0.15) is 0 Å². The van der Waals surface area contributed by atoms with Crippen molar-refractivity contribution in [1.29, 1.82) is 0 Å². The molecule has 0 saturated heterocycles. The lowest BCUT2D eigenvalue weighted by molar-refractivity contribution is 0.275. The zero-order chi connectivity index (χ0) is 13.5. The fourth-order valence-corrected chi connectivity index (χ4v) is 2.56. The van der Waals surface area contributed by atoms with E-state index in [0.717, 1.165) is 30.8 Å². The maximum atomic E-state index is 4.02. The molecule has 0 bridgehead atoms. The van der Waals surface area contributed by atoms with Crippen molar-refractivity contribution in [2.45, 2.75) is 54.4 Å². The van der Waals surface area contributed by atoms with Gasteiger partial charge in [0, 0.05) is 6.54 Å². The van der Waals surface area contributed by atoms with Gasteiger partial charge in [-0.25, -0.2) is 0 Å². The zero-order valence-corrected chi connectivity index (χ0v) is 12.8. The summed E-state index contributed by atoms with van der Waals surface area (Å²) >= 11 is 0. The second kappa shape index (κ2) is 7.92. The summed E-state index contributed by atoms with van der Waals surface area (Å²) in [6, 6.07) is 0. The molecule has 0 aromatic rings. The van der Waals surface area contributed by atoms with Gasteiger partial charge in [0.2, 0.25) is 0 Å². The van der Waals surface area contributed by atoms with Crippen LogP contribution >= 0.6 is 0 Å². The molecule has 2 unspecified atom stereocenters. The van der Waals surface area contributed by atoms with Crippen LogP contribution in [0.15, 0.2) is 12.7 Å². The van der Waals surface area contributed by atoms with Crippen molar-refractivity contribution in [2.24, 2.45) is 23.2 Å². The third kappa shape index (κ3) is 8.43. The monoisotopic (exact) mass is 239 g/mol. The highest BCUT2D eigenvalue weighted by molar-refractivity contribution is 4.94. The average molecular weight is 239 g/mol. The van der Waals surface area contributed by atoms with Crippen LogP contribution in [-0.2, 0) is 0 Å². The molecule has 0 radical (unpaired) electrons. The van der Waals surface area contributed by atoms with Gasteiger partial charge in [-0.2, -0.15) is 0 Å². The first-order valence-electron chi connectivity index (χ1n) is 7.13. The molecule has 2 atom stereocenters. The van der Waals surface area contributed by atoms with Gasteiger partial charge >= 0.3 is 0 Å². The lowest BCUT2D eigenvalue weighted by Crippen LogP contribution is -2.33. The average Bonchev–Trinajstić information content (AvgIpc) is 2.15. The van der Waals surface area contributed by atoms with Gasteiger partial charge in [-0.3, -0.25) is 0 Å². The molecule has 0 aliphatic rings. The quantitative estimate of drug-likeness (QED) is 0.584. The minimum atomic E-state index is 0.239. The number of rotatable bonds is 9. The second-order valence-corrected chi connectivity index (χ2v) is 6.82. The molecule has 0 aliphatic carbocycles. The van der Waals surface area contributed by atoms with Crippen LogP contribution < -0.4 is 5.32 Å². The molecule has 0 aromatic carbocycles. The number of hydrogen-bond acceptors (Lipinski definition) is 1. The molecule has 0 heterocycles. The van der Waals surface area contributed by atoms with E-state index in [0.29, 0.717) is 0 Å². The van der Waals surface area contributed by atoms with Crippen LogP contribution in [0.4, 0.5) is 0 Å². The smallest absolute Gasteiger partial charge is 0.00400 e. The summed E-state index contributed by atoms with van der Waals surface area (Å²) in [5.41, 5.74) is 0.239. The maximum absolute atomic E-state index is 4.02. The fraction of sp³-hybridized carbons (Fsp3) is 0.875. The molecule has 0 amide bonds. The Hall–Kier alpha value is -0.300. The lowest BCUT2D eigenvalue weighted by Gasteiger charge is -2.30. The summed E-state index contributed by atoms with van der Waals surface area (Å²) in [6.45, 7) is 20.0. The topological polar surface area (TPSA) is 12.0 Å². The number of nitrogens with one attached hydrogen (secondary N) is 1. The van der Waals surface area contributed by atoms with Crippen LogP contribution in [0.3, 0.4) is 0 Å². The Morgan fingerprint density at radius 2 is 1.71 bits per heavy atom. The minimum Gasteiger partial charge on any atom is -0.316 e. The first-order valence-corrected chi connectivity index (χ1v) is 7.13. The van der Waals surface area contributed by atoms with Gasteiger partial charge in [-0.15, -0.1) is 6.58 Å². The molecular weight excluding hydrogens is 206 g/mol. The second-order valence-electron chi connectivity index (χ2n) is 6.82. The van der Waals surface area contributed by atoms with Crippen molar-refractivity contribution in [1.82, 2.24) is 5.32 Å². The Morgan fingerprint density at radius 1 is 1.12 bits per heavy atom. The molecule has 1 N–H and O–H groups in total. The van der Waals surface area contributed by atoms with E-state index in [9.17, 15) is 0 Å². The van der Waals surface area contributed by atoms with Gasteiger partial charge in [0.25, 0.3) is 0 Å². The first-order chi connectivity index (χ1) is 7.79. The SMILES string of the molecule is C=CC(C)(CNCC(C)C)CC(C)CC(C)C. The predicted molar refractivity (Wildman–Crippen MR) is 79.2 cm³/mol. The highest BCUT2D eigenvalue weighted by Crippen LogP contribution is 2.29. The van der Waals surface area contributed by atoms with E-state index in [2.05, 4.69) is 59.5 Å². The van der Waals surface area contributed by atoms with Gasteiger partial charge in [-0.05, 0) is 42.6 Å². The standard InChI is InChI=1S/C16H33N/c1-8-16(7,12-17-11-14(4)5)10-15(6)9-13(2)3/h8,13-15,17H,1,9-12H2,2-7H3. The summed E-state index contributed by atoms with van der Waals surface area (Å²) in [5.74, 6) is 2.29. The van der Waals surface area contributed by atoms with Crippen molar-refractivity contribution in [2.75, 3.05) is 13.1 Å². The van der Waals surface area contributed by atoms with Gasteiger partial charge in [-0.1, -0.05) is 47.6 Å². The van der Waals surface area contributed by atoms with E-state index >= 15 is 0 Å². The van der Waals surface area contributed by atoms with Crippen molar-refractivity contribution < 1.29 is 0 Å². The predicted octanol–water partition coefficient (Wildman–Crippen LogP) is 4.50. The summed E-state index contributed by atoms with van der Waals surface area (Å²) in [5, 5.41) is 3.56. The van der Waals surface area contributed by atoms with E-state index in [-0.39, 0.29) is 5.41 Å². The van der Waals surface area contributed by atoms with Crippen LogP contribution in [-0.4, -0.2) is 13.1 Å². The van der Waals surface area contributed by atoms with Crippen LogP contribution in [0.25, 0.3) is 0 Å². The normalized spacial score (nSPS) is 17.2. The van der Waals surface area contributed by atoms with Crippen LogP contribution in [0, 0.1) is 23.2 Å². The van der Waals surface area contributed by atoms with E-state index in [1.54, 1.807) is 0 Å². The van der Waals surface area contributed by atoms with Gasteiger partial charge in [0.15, 0.2) is 0 Å². The van der Waals surface area contributed by atoms with E-state index in [4.69, 9.17) is 0 Å². The Morgan fingerprint density at radius 3 is 2.12 bits per heavy atom. The van der Waals surface area contributed by atoms with Gasteiger partial charge in [0.05, 0.1) is 0 Å². The summed E-state index contributed by atoms with van der Waals surface area (Å²) in [4.78, 5) is 0. The molecule has 1 heteroatoms. The molecular formula is C16H33N. The van der Waals surface area contributed by atoms with E-state index in [1.165, 1.54) is 12.8 Å². The minimum absolute atomic E-state index is 0.239. The fourth-order valence-electron chi connectivity index (χ4n) is 2.56. The highest BCUT2D eigenvalue weighted by atomic mass is 14.9. The third-order valence-electron chi connectivity index (χ3n) is 3.26. The lowest BCUT2D eigenvalue weighted by atomic mass is 9.79. The maximum Gasteiger partial charge on any atom is 0.00400 e. The van der Waals surface area contributed by atoms with Crippen molar-refractivity contribution in [3.8, 4) is 0 Å². The molecule has 0 rings (SSSR count). The molecule has 102 valence electrons. The third-order valence-corrected chi connectivity index (χ3v) is 3.26. The van der Waals surface area contributed by atoms with E-state index < -0.39 is 0 Å². The summed E-state index contributed by atoms with van der Waals surface area (Å²) in [7, 11) is 0. The van der Waals surface area contributed by atoms with Gasteiger partial charge < -0.3 is 5.32 Å². The van der Waals surface area contributed by atoms with Crippen molar-refractivity contribution in [3.63, 3.8) is 0 Å². The molecule has 0 saturated carbocycles. The van der Waals surface area contributed by atoms with Crippen molar-refractivity contribution >= 4 is 0 Å². The van der Waals surface area contributed by atoms with Crippen LogP contribution in [0.2, 0.25) is 0 Å². The zero-order valence-electron chi connectivity index (χ0n) is 12.8. The summed E-state index contributed by atoms with van der Waals surface area (Å²) < 4.78 is 0. The Labute approximate surface area is 109 Å². The Kier molecular flexibility index (Phi) is 7.78.